The zero-order valence-corrected chi connectivity index (χ0v) is 15.4. The number of benzene rings is 1. The van der Waals surface area contributed by atoms with E-state index < -0.39 is 0 Å². The monoisotopic (exact) mass is 360 g/mol. The summed E-state index contributed by atoms with van der Waals surface area (Å²) in [7, 11) is 0. The highest BCUT2D eigenvalue weighted by molar-refractivity contribution is 6.11. The van der Waals surface area contributed by atoms with Crippen molar-refractivity contribution in [3.8, 4) is 0 Å². The lowest BCUT2D eigenvalue weighted by atomic mass is 9.49. The molecule has 0 unspecified atom stereocenters. The van der Waals surface area contributed by atoms with Crippen LogP contribution in [-0.2, 0) is 9.63 Å². The van der Waals surface area contributed by atoms with Gasteiger partial charge in [0.2, 0.25) is 0 Å². The standard InChI is InChI=1S/C23H24N2O2/c26-22(23-13-16-10-17(14-23)12-18(11-16)15-23)27-25-21(19-6-2-1-3-7-19)20-8-4-5-9-24-20/h1-9,16-18H,10-15H2/b25-21+. The Bertz CT molecular complexity index is 784. The van der Waals surface area contributed by atoms with E-state index in [1.54, 1.807) is 6.20 Å². The SMILES string of the molecule is O=C(O/N=C(\c1ccccc1)c1ccccn1)C12CC3CC(CC(C3)C1)C2. The smallest absolute Gasteiger partial charge is 0.317 e. The maximum Gasteiger partial charge on any atom is 0.341 e. The second-order valence-corrected chi connectivity index (χ2v) is 8.60. The summed E-state index contributed by atoms with van der Waals surface area (Å²) in [6.45, 7) is 0. The Morgan fingerprint density at radius 2 is 1.56 bits per heavy atom. The van der Waals surface area contributed by atoms with Crippen molar-refractivity contribution in [2.75, 3.05) is 0 Å². The van der Waals surface area contributed by atoms with Crippen LogP contribution < -0.4 is 0 Å². The second-order valence-electron chi connectivity index (χ2n) is 8.60. The summed E-state index contributed by atoms with van der Waals surface area (Å²) in [5.74, 6) is 1.98. The van der Waals surface area contributed by atoms with Crippen LogP contribution in [0.5, 0.6) is 0 Å². The Hall–Kier alpha value is -2.49. The fourth-order valence-corrected chi connectivity index (χ4v) is 5.89. The van der Waals surface area contributed by atoms with Gasteiger partial charge in [-0.15, -0.1) is 0 Å². The van der Waals surface area contributed by atoms with Gasteiger partial charge in [-0.3, -0.25) is 4.98 Å². The van der Waals surface area contributed by atoms with E-state index in [-0.39, 0.29) is 11.4 Å². The van der Waals surface area contributed by atoms with Crippen LogP contribution in [0.15, 0.2) is 59.9 Å². The molecular weight excluding hydrogens is 336 g/mol. The molecule has 4 aliphatic carbocycles. The summed E-state index contributed by atoms with van der Waals surface area (Å²) < 4.78 is 0. The highest BCUT2D eigenvalue weighted by atomic mass is 16.7. The largest absolute Gasteiger partial charge is 0.341 e. The van der Waals surface area contributed by atoms with E-state index in [4.69, 9.17) is 4.84 Å². The lowest BCUT2D eigenvalue weighted by Gasteiger charge is -2.54. The van der Waals surface area contributed by atoms with Gasteiger partial charge in [-0.05, 0) is 68.4 Å². The number of oxime groups is 1. The van der Waals surface area contributed by atoms with Crippen LogP contribution in [-0.4, -0.2) is 16.7 Å². The highest BCUT2D eigenvalue weighted by Crippen LogP contribution is 2.60. The quantitative estimate of drug-likeness (QED) is 0.455. The van der Waals surface area contributed by atoms with Gasteiger partial charge in [-0.2, -0.15) is 0 Å². The van der Waals surface area contributed by atoms with Crippen molar-refractivity contribution in [2.45, 2.75) is 38.5 Å². The Kier molecular flexibility index (Phi) is 4.07. The molecule has 1 aromatic carbocycles. The first-order valence-electron chi connectivity index (χ1n) is 9.98. The number of carbonyl (C=O) groups is 1. The molecule has 1 aromatic heterocycles. The number of rotatable bonds is 4. The minimum absolute atomic E-state index is 0.133. The van der Waals surface area contributed by atoms with Gasteiger partial charge in [0.25, 0.3) is 0 Å². The minimum Gasteiger partial charge on any atom is -0.317 e. The summed E-state index contributed by atoms with van der Waals surface area (Å²) in [6, 6.07) is 15.5. The average Bonchev–Trinajstić information content (AvgIpc) is 2.69. The predicted molar refractivity (Wildman–Crippen MR) is 103 cm³/mol. The molecule has 0 aliphatic heterocycles. The molecule has 27 heavy (non-hydrogen) atoms. The van der Waals surface area contributed by atoms with Gasteiger partial charge in [-0.25, -0.2) is 4.79 Å². The Morgan fingerprint density at radius 1 is 0.926 bits per heavy atom. The number of pyridine rings is 1. The molecule has 4 bridgehead atoms. The van der Waals surface area contributed by atoms with Gasteiger partial charge >= 0.3 is 5.97 Å². The van der Waals surface area contributed by atoms with Crippen LogP contribution in [0.2, 0.25) is 0 Å². The van der Waals surface area contributed by atoms with Gasteiger partial charge in [0.15, 0.2) is 0 Å². The van der Waals surface area contributed by atoms with Crippen molar-refractivity contribution in [1.82, 2.24) is 4.98 Å². The highest BCUT2D eigenvalue weighted by Gasteiger charge is 2.55. The van der Waals surface area contributed by atoms with E-state index in [2.05, 4.69) is 10.1 Å². The van der Waals surface area contributed by atoms with E-state index in [9.17, 15) is 4.79 Å². The van der Waals surface area contributed by atoms with Gasteiger partial charge < -0.3 is 4.84 Å². The number of carbonyl (C=O) groups excluding carboxylic acids is 1. The van der Waals surface area contributed by atoms with Crippen LogP contribution in [0.25, 0.3) is 0 Å². The van der Waals surface area contributed by atoms with E-state index >= 15 is 0 Å². The van der Waals surface area contributed by atoms with E-state index in [1.165, 1.54) is 19.3 Å². The summed E-state index contributed by atoms with van der Waals surface area (Å²) >= 11 is 0. The van der Waals surface area contributed by atoms with Crippen molar-refractivity contribution >= 4 is 11.7 Å². The van der Waals surface area contributed by atoms with Crippen LogP contribution in [0.3, 0.4) is 0 Å². The molecular formula is C23H24N2O2. The van der Waals surface area contributed by atoms with Crippen LogP contribution >= 0.6 is 0 Å². The molecule has 4 fully saturated rings. The number of aromatic nitrogens is 1. The maximum atomic E-state index is 13.1. The molecule has 4 nitrogen and oxygen atoms in total. The van der Waals surface area contributed by atoms with Crippen molar-refractivity contribution in [3.63, 3.8) is 0 Å². The zero-order chi connectivity index (χ0) is 18.3. The molecule has 0 amide bonds. The molecule has 0 N–H and O–H groups in total. The van der Waals surface area contributed by atoms with Gasteiger partial charge in [0.1, 0.15) is 5.71 Å². The Balaban J connectivity index is 1.43. The zero-order valence-electron chi connectivity index (χ0n) is 15.4. The molecule has 6 rings (SSSR count). The number of hydrogen-bond donors (Lipinski definition) is 0. The van der Waals surface area contributed by atoms with Crippen molar-refractivity contribution in [3.05, 3.63) is 66.0 Å². The minimum atomic E-state index is -0.301. The fourth-order valence-electron chi connectivity index (χ4n) is 5.89. The Labute approximate surface area is 159 Å². The van der Waals surface area contributed by atoms with Crippen molar-refractivity contribution in [1.29, 1.82) is 0 Å². The molecule has 0 spiro atoms. The summed E-state index contributed by atoms with van der Waals surface area (Å²) in [4.78, 5) is 23.1. The first kappa shape index (κ1) is 16.7. The third kappa shape index (κ3) is 3.07. The summed E-state index contributed by atoms with van der Waals surface area (Å²) in [5.41, 5.74) is 1.91. The predicted octanol–water partition coefficient (Wildman–Crippen LogP) is 4.59. The van der Waals surface area contributed by atoms with Crippen molar-refractivity contribution in [2.24, 2.45) is 28.3 Å². The molecule has 4 aliphatic rings. The maximum absolute atomic E-state index is 13.1. The van der Waals surface area contributed by atoms with E-state index in [1.807, 2.05) is 48.5 Å². The van der Waals surface area contributed by atoms with Gasteiger partial charge in [0.05, 0.1) is 11.1 Å². The Morgan fingerprint density at radius 3 is 2.15 bits per heavy atom. The van der Waals surface area contributed by atoms with Crippen molar-refractivity contribution < 1.29 is 9.63 Å². The lowest BCUT2D eigenvalue weighted by molar-refractivity contribution is -0.171. The average molecular weight is 360 g/mol. The van der Waals surface area contributed by atoms with E-state index in [0.29, 0.717) is 29.2 Å². The first-order chi connectivity index (χ1) is 13.2. The number of nitrogens with zero attached hydrogens (tertiary/aromatic N) is 2. The molecule has 0 atom stereocenters. The second kappa shape index (κ2) is 6.59. The van der Waals surface area contributed by atoms with Crippen LogP contribution in [0.4, 0.5) is 0 Å². The summed E-state index contributed by atoms with van der Waals surface area (Å²) in [5, 5.41) is 4.33. The fraction of sp³-hybridized carbons (Fsp3) is 0.435. The topological polar surface area (TPSA) is 51.5 Å². The molecule has 0 radical (unpaired) electrons. The lowest BCUT2D eigenvalue weighted by Crippen LogP contribution is -2.50. The molecule has 4 heteroatoms. The molecule has 4 saturated carbocycles. The first-order valence-corrected chi connectivity index (χ1v) is 9.98. The van der Waals surface area contributed by atoms with Gasteiger partial charge in [0, 0.05) is 11.8 Å². The summed E-state index contributed by atoms with van der Waals surface area (Å²) in [6.07, 6.45) is 8.60. The third-order valence-electron chi connectivity index (χ3n) is 6.65. The van der Waals surface area contributed by atoms with Crippen LogP contribution in [0, 0.1) is 23.2 Å². The number of hydrogen-bond acceptors (Lipinski definition) is 4. The molecule has 1 heterocycles. The molecule has 0 saturated heterocycles. The van der Waals surface area contributed by atoms with E-state index in [0.717, 1.165) is 24.8 Å². The third-order valence-corrected chi connectivity index (χ3v) is 6.65. The normalized spacial score (nSPS) is 31.7. The van der Waals surface area contributed by atoms with Crippen LogP contribution in [0.1, 0.15) is 49.8 Å². The molecule has 138 valence electrons. The molecule has 2 aromatic rings. The van der Waals surface area contributed by atoms with Gasteiger partial charge in [-0.1, -0.05) is 41.6 Å².